The van der Waals surface area contributed by atoms with Crippen LogP contribution in [0.2, 0.25) is 0 Å². The summed E-state index contributed by atoms with van der Waals surface area (Å²) in [6.45, 7) is -0.129. The second-order valence-corrected chi connectivity index (χ2v) is 6.98. The number of nitrogens with one attached hydrogen (secondary N) is 2. The van der Waals surface area contributed by atoms with Crippen LogP contribution in [0.25, 0.3) is 0 Å². The van der Waals surface area contributed by atoms with Crippen LogP contribution < -0.4 is 15.4 Å². The van der Waals surface area contributed by atoms with Crippen LogP contribution >= 0.6 is 12.4 Å². The number of ether oxygens (including phenoxy) is 1. The Morgan fingerprint density at radius 1 is 1.27 bits per heavy atom. The minimum Gasteiger partial charge on any atom is -0.497 e. The molecule has 0 saturated carbocycles. The van der Waals surface area contributed by atoms with Crippen molar-refractivity contribution in [2.45, 2.75) is 56.9 Å². The van der Waals surface area contributed by atoms with Crippen molar-refractivity contribution in [1.82, 2.24) is 10.6 Å². The summed E-state index contributed by atoms with van der Waals surface area (Å²) in [4.78, 5) is 12.2. The summed E-state index contributed by atoms with van der Waals surface area (Å²) in [5.41, 5.74) is -0.723. The van der Waals surface area contributed by atoms with Crippen molar-refractivity contribution in [2.24, 2.45) is 5.92 Å². The molecule has 1 aromatic carbocycles. The topological polar surface area (TPSA) is 50.4 Å². The van der Waals surface area contributed by atoms with Crippen molar-refractivity contribution in [1.29, 1.82) is 0 Å². The SMILES string of the molecule is COc1ccc(CNC(=O)CC2CC3CCC(C2)N3)c(C(F)(F)F)c1.Cl. The van der Waals surface area contributed by atoms with Gasteiger partial charge in [0.05, 0.1) is 12.7 Å². The third-order valence-corrected chi connectivity index (χ3v) is 5.14. The van der Waals surface area contributed by atoms with Gasteiger partial charge in [-0.25, -0.2) is 0 Å². The summed E-state index contributed by atoms with van der Waals surface area (Å²) in [7, 11) is 1.32. The van der Waals surface area contributed by atoms with Crippen LogP contribution in [0.5, 0.6) is 5.75 Å². The van der Waals surface area contributed by atoms with Crippen LogP contribution in [0.15, 0.2) is 18.2 Å². The molecule has 2 aliphatic heterocycles. The number of hydrogen-bond donors (Lipinski definition) is 2. The molecule has 0 aromatic heterocycles. The first-order valence-corrected chi connectivity index (χ1v) is 8.62. The Labute approximate surface area is 157 Å². The van der Waals surface area contributed by atoms with E-state index >= 15 is 0 Å². The maximum Gasteiger partial charge on any atom is 0.416 e. The lowest BCUT2D eigenvalue weighted by Crippen LogP contribution is -2.39. The number of benzene rings is 1. The summed E-state index contributed by atoms with van der Waals surface area (Å²) < 4.78 is 44.4. The first-order chi connectivity index (χ1) is 11.8. The molecule has 146 valence electrons. The average molecular weight is 393 g/mol. The Morgan fingerprint density at radius 2 is 1.92 bits per heavy atom. The second-order valence-electron chi connectivity index (χ2n) is 6.98. The van der Waals surface area contributed by atoms with E-state index in [0.29, 0.717) is 24.4 Å². The molecule has 2 fully saturated rings. The van der Waals surface area contributed by atoms with Gasteiger partial charge in [-0.15, -0.1) is 12.4 Å². The summed E-state index contributed by atoms with van der Waals surface area (Å²) in [6.07, 6.45) is 0.155. The van der Waals surface area contributed by atoms with Crippen LogP contribution in [-0.4, -0.2) is 25.1 Å². The van der Waals surface area contributed by atoms with Gasteiger partial charge in [0.1, 0.15) is 5.75 Å². The lowest BCUT2D eigenvalue weighted by Gasteiger charge is -2.28. The van der Waals surface area contributed by atoms with E-state index in [1.54, 1.807) is 0 Å². The molecular weight excluding hydrogens is 369 g/mol. The smallest absolute Gasteiger partial charge is 0.416 e. The fraction of sp³-hybridized carbons (Fsp3) is 0.611. The largest absolute Gasteiger partial charge is 0.497 e. The number of halogens is 4. The van der Waals surface area contributed by atoms with Crippen molar-refractivity contribution in [2.75, 3.05) is 7.11 Å². The van der Waals surface area contributed by atoms with Crippen LogP contribution in [0.4, 0.5) is 13.2 Å². The standard InChI is InChI=1S/C18H23F3N2O2.ClH/c1-25-15-5-2-12(16(9-15)18(19,20)21)10-22-17(24)8-11-6-13-3-4-14(7-11)23-13;/h2,5,9,11,13-14,23H,3-4,6-8,10H2,1H3,(H,22,24);1H. The van der Waals surface area contributed by atoms with E-state index in [2.05, 4.69) is 10.6 Å². The molecule has 26 heavy (non-hydrogen) atoms. The monoisotopic (exact) mass is 392 g/mol. The number of carbonyl (C=O) groups is 1. The van der Waals surface area contributed by atoms with E-state index < -0.39 is 11.7 Å². The van der Waals surface area contributed by atoms with Crippen molar-refractivity contribution in [3.8, 4) is 5.75 Å². The quantitative estimate of drug-likeness (QED) is 0.803. The third kappa shape index (κ3) is 5.04. The molecule has 3 rings (SSSR count). The lowest BCUT2D eigenvalue weighted by molar-refractivity contribution is -0.138. The Balaban J connectivity index is 0.00000243. The number of fused-ring (bicyclic) bond motifs is 2. The van der Waals surface area contributed by atoms with Crippen LogP contribution in [0.3, 0.4) is 0 Å². The Kier molecular flexibility index (Phi) is 6.80. The highest BCUT2D eigenvalue weighted by Gasteiger charge is 2.35. The molecule has 1 aromatic rings. The van der Waals surface area contributed by atoms with Crippen molar-refractivity contribution in [3.63, 3.8) is 0 Å². The second kappa shape index (κ2) is 8.48. The van der Waals surface area contributed by atoms with Gasteiger partial charge in [0.15, 0.2) is 0 Å². The average Bonchev–Trinajstić information content (AvgIpc) is 2.90. The molecule has 2 bridgehead atoms. The molecule has 4 nitrogen and oxygen atoms in total. The molecule has 2 heterocycles. The molecule has 8 heteroatoms. The van der Waals surface area contributed by atoms with Crippen molar-refractivity contribution in [3.05, 3.63) is 29.3 Å². The molecule has 0 radical (unpaired) electrons. The van der Waals surface area contributed by atoms with Gasteiger partial charge in [0, 0.05) is 25.0 Å². The Hall–Kier alpha value is -1.47. The van der Waals surface area contributed by atoms with E-state index in [-0.39, 0.29) is 36.2 Å². The number of carbonyl (C=O) groups excluding carboxylic acids is 1. The van der Waals surface area contributed by atoms with Gasteiger partial charge in [-0.05, 0) is 49.3 Å². The molecule has 0 spiro atoms. The Bertz CT molecular complexity index is 627. The molecular formula is C18H24ClF3N2O2. The first kappa shape index (κ1) is 20.8. The van der Waals surface area contributed by atoms with Gasteiger partial charge < -0.3 is 15.4 Å². The van der Waals surface area contributed by atoms with E-state index in [1.807, 2.05) is 0 Å². The molecule has 1 amide bonds. The van der Waals surface area contributed by atoms with Crippen molar-refractivity contribution >= 4 is 18.3 Å². The number of methoxy groups -OCH3 is 1. The van der Waals surface area contributed by atoms with E-state index in [4.69, 9.17) is 4.74 Å². The summed E-state index contributed by atoms with van der Waals surface area (Å²) >= 11 is 0. The minimum absolute atomic E-state index is 0. The fourth-order valence-corrected chi connectivity index (χ4v) is 3.97. The number of amides is 1. The number of hydrogen-bond acceptors (Lipinski definition) is 3. The predicted molar refractivity (Wildman–Crippen MR) is 94.4 cm³/mol. The highest BCUT2D eigenvalue weighted by atomic mass is 35.5. The highest BCUT2D eigenvalue weighted by Crippen LogP contribution is 2.35. The molecule has 2 aliphatic rings. The maximum atomic E-state index is 13.2. The molecule has 2 unspecified atom stereocenters. The zero-order valence-corrected chi connectivity index (χ0v) is 15.4. The number of piperidine rings is 1. The summed E-state index contributed by atoms with van der Waals surface area (Å²) in [5.74, 6) is 0.277. The zero-order valence-electron chi connectivity index (χ0n) is 14.6. The fourth-order valence-electron chi connectivity index (χ4n) is 3.97. The van der Waals surface area contributed by atoms with Gasteiger partial charge in [0.25, 0.3) is 0 Å². The normalized spacial score (nSPS) is 24.7. The highest BCUT2D eigenvalue weighted by molar-refractivity contribution is 5.85. The predicted octanol–water partition coefficient (Wildman–Crippen LogP) is 3.67. The third-order valence-electron chi connectivity index (χ3n) is 5.14. The molecule has 2 atom stereocenters. The lowest BCUT2D eigenvalue weighted by atomic mass is 9.89. The number of rotatable bonds is 5. The Morgan fingerprint density at radius 3 is 2.50 bits per heavy atom. The van der Waals surface area contributed by atoms with Gasteiger partial charge in [-0.2, -0.15) is 13.2 Å². The van der Waals surface area contributed by atoms with E-state index in [0.717, 1.165) is 31.7 Å². The molecule has 2 N–H and O–H groups in total. The molecule has 2 saturated heterocycles. The van der Waals surface area contributed by atoms with Gasteiger partial charge in [-0.3, -0.25) is 4.79 Å². The summed E-state index contributed by atoms with van der Waals surface area (Å²) in [5, 5.41) is 6.16. The molecule has 0 aliphatic carbocycles. The summed E-state index contributed by atoms with van der Waals surface area (Å²) in [6, 6.07) is 4.78. The van der Waals surface area contributed by atoms with Crippen LogP contribution in [0.1, 0.15) is 43.2 Å². The van der Waals surface area contributed by atoms with Gasteiger partial charge in [-0.1, -0.05) is 6.07 Å². The number of alkyl halides is 3. The van der Waals surface area contributed by atoms with E-state index in [9.17, 15) is 18.0 Å². The minimum atomic E-state index is -4.48. The maximum absolute atomic E-state index is 13.2. The van der Waals surface area contributed by atoms with Gasteiger partial charge in [0.2, 0.25) is 5.91 Å². The van der Waals surface area contributed by atoms with E-state index in [1.165, 1.54) is 19.2 Å². The zero-order chi connectivity index (χ0) is 18.0. The van der Waals surface area contributed by atoms with Crippen LogP contribution in [0, 0.1) is 5.92 Å². The van der Waals surface area contributed by atoms with Crippen LogP contribution in [-0.2, 0) is 17.5 Å². The van der Waals surface area contributed by atoms with Crippen molar-refractivity contribution < 1.29 is 22.7 Å². The first-order valence-electron chi connectivity index (χ1n) is 8.62. The van der Waals surface area contributed by atoms with Gasteiger partial charge >= 0.3 is 6.18 Å².